The fourth-order valence-electron chi connectivity index (χ4n) is 3.05. The number of rotatable bonds is 5. The van der Waals surface area contributed by atoms with Gasteiger partial charge in [-0.25, -0.2) is 0 Å². The summed E-state index contributed by atoms with van der Waals surface area (Å²) in [5, 5.41) is 2.96. The van der Waals surface area contributed by atoms with Crippen molar-refractivity contribution < 1.29 is 9.59 Å². The fourth-order valence-corrected chi connectivity index (χ4v) is 3.05. The molecule has 2 unspecified atom stereocenters. The summed E-state index contributed by atoms with van der Waals surface area (Å²) in [4.78, 5) is 26.3. The number of hydrogen-bond acceptors (Lipinski definition) is 2. The molecule has 1 rings (SSSR count). The van der Waals surface area contributed by atoms with Crippen molar-refractivity contribution in [2.24, 2.45) is 17.3 Å². The third-order valence-corrected chi connectivity index (χ3v) is 4.36. The van der Waals surface area contributed by atoms with Crippen LogP contribution in [0.3, 0.4) is 0 Å². The number of nitrogens with one attached hydrogen (secondary N) is 1. The molecule has 1 aliphatic heterocycles. The van der Waals surface area contributed by atoms with Gasteiger partial charge in [0, 0.05) is 31.5 Å². The highest BCUT2D eigenvalue weighted by Crippen LogP contribution is 2.31. The van der Waals surface area contributed by atoms with Gasteiger partial charge >= 0.3 is 0 Å². The van der Waals surface area contributed by atoms with Crippen molar-refractivity contribution in [1.29, 1.82) is 0 Å². The standard InChI is InChI=1S/C17H32N2O2/c1-6-9-18-15(20)11-14-8-10-19(12-13(14)7-2)16(21)17(3,4)5/h13-14H,6-12H2,1-5H3,(H,18,20). The van der Waals surface area contributed by atoms with Crippen LogP contribution in [0.5, 0.6) is 0 Å². The second-order valence-corrected chi connectivity index (χ2v) is 7.27. The maximum atomic E-state index is 12.4. The lowest BCUT2D eigenvalue weighted by atomic mass is 9.80. The number of carbonyl (C=O) groups excluding carboxylic acids is 2. The molecule has 1 heterocycles. The molecule has 0 bridgehead atoms. The van der Waals surface area contributed by atoms with Gasteiger partial charge in [0.15, 0.2) is 0 Å². The highest BCUT2D eigenvalue weighted by molar-refractivity contribution is 5.81. The zero-order valence-electron chi connectivity index (χ0n) is 14.4. The van der Waals surface area contributed by atoms with Gasteiger partial charge in [-0.15, -0.1) is 0 Å². The Hall–Kier alpha value is -1.06. The molecule has 1 N–H and O–H groups in total. The van der Waals surface area contributed by atoms with E-state index >= 15 is 0 Å². The third-order valence-electron chi connectivity index (χ3n) is 4.36. The van der Waals surface area contributed by atoms with Crippen molar-refractivity contribution in [2.45, 2.75) is 60.3 Å². The van der Waals surface area contributed by atoms with E-state index in [2.05, 4.69) is 19.2 Å². The summed E-state index contributed by atoms with van der Waals surface area (Å²) in [7, 11) is 0. The van der Waals surface area contributed by atoms with Crippen molar-refractivity contribution in [1.82, 2.24) is 10.2 Å². The van der Waals surface area contributed by atoms with Crippen molar-refractivity contribution in [3.05, 3.63) is 0 Å². The molecule has 4 nitrogen and oxygen atoms in total. The van der Waals surface area contributed by atoms with Crippen LogP contribution in [0.2, 0.25) is 0 Å². The Labute approximate surface area is 129 Å². The molecular weight excluding hydrogens is 264 g/mol. The molecular formula is C17H32N2O2. The molecule has 0 aromatic heterocycles. The summed E-state index contributed by atoms with van der Waals surface area (Å²) in [6.45, 7) is 12.5. The summed E-state index contributed by atoms with van der Waals surface area (Å²) < 4.78 is 0. The normalized spacial score (nSPS) is 23.0. The van der Waals surface area contributed by atoms with Crippen LogP contribution in [0, 0.1) is 17.3 Å². The van der Waals surface area contributed by atoms with Gasteiger partial charge < -0.3 is 10.2 Å². The Bertz CT molecular complexity index is 360. The van der Waals surface area contributed by atoms with E-state index in [1.165, 1.54) is 0 Å². The first-order chi connectivity index (χ1) is 9.79. The molecule has 4 heteroatoms. The molecule has 0 spiro atoms. The molecule has 0 aromatic rings. The predicted octanol–water partition coefficient (Wildman–Crippen LogP) is 2.82. The molecule has 122 valence electrons. The Morgan fingerprint density at radius 1 is 1.19 bits per heavy atom. The van der Waals surface area contributed by atoms with E-state index in [1.54, 1.807) is 0 Å². The fraction of sp³-hybridized carbons (Fsp3) is 0.882. The van der Waals surface area contributed by atoms with Gasteiger partial charge in [0.25, 0.3) is 0 Å². The van der Waals surface area contributed by atoms with Crippen LogP contribution >= 0.6 is 0 Å². The minimum Gasteiger partial charge on any atom is -0.356 e. The van der Waals surface area contributed by atoms with Crippen LogP contribution in [0.25, 0.3) is 0 Å². The predicted molar refractivity (Wildman–Crippen MR) is 85.8 cm³/mol. The molecule has 21 heavy (non-hydrogen) atoms. The SMILES string of the molecule is CCCNC(=O)CC1CCN(C(=O)C(C)(C)C)CC1CC. The van der Waals surface area contributed by atoms with Crippen molar-refractivity contribution >= 4 is 11.8 Å². The molecule has 2 atom stereocenters. The van der Waals surface area contributed by atoms with Crippen LogP contribution in [0.4, 0.5) is 0 Å². The summed E-state index contributed by atoms with van der Waals surface area (Å²) in [5.74, 6) is 1.25. The minimum atomic E-state index is -0.316. The smallest absolute Gasteiger partial charge is 0.227 e. The molecule has 1 aliphatic rings. The minimum absolute atomic E-state index is 0.163. The topological polar surface area (TPSA) is 49.4 Å². The van der Waals surface area contributed by atoms with Crippen molar-refractivity contribution in [2.75, 3.05) is 19.6 Å². The maximum absolute atomic E-state index is 12.4. The monoisotopic (exact) mass is 296 g/mol. The lowest BCUT2D eigenvalue weighted by molar-refractivity contribution is -0.142. The Morgan fingerprint density at radius 3 is 2.38 bits per heavy atom. The average molecular weight is 296 g/mol. The molecule has 0 aliphatic carbocycles. The first-order valence-electron chi connectivity index (χ1n) is 8.35. The highest BCUT2D eigenvalue weighted by atomic mass is 16.2. The maximum Gasteiger partial charge on any atom is 0.227 e. The highest BCUT2D eigenvalue weighted by Gasteiger charge is 2.35. The first kappa shape index (κ1) is 18.0. The van der Waals surface area contributed by atoms with Crippen LogP contribution in [0.15, 0.2) is 0 Å². The lowest BCUT2D eigenvalue weighted by Gasteiger charge is -2.40. The molecule has 0 saturated carbocycles. The van der Waals surface area contributed by atoms with Crippen molar-refractivity contribution in [3.8, 4) is 0 Å². The number of carbonyl (C=O) groups is 2. The van der Waals surface area contributed by atoms with Gasteiger partial charge in [0.05, 0.1) is 0 Å². The molecule has 0 aromatic carbocycles. The van der Waals surface area contributed by atoms with Gasteiger partial charge in [-0.05, 0) is 24.7 Å². The number of amides is 2. The average Bonchev–Trinajstić information content (AvgIpc) is 2.43. The molecule has 1 saturated heterocycles. The van der Waals surface area contributed by atoms with Crippen molar-refractivity contribution in [3.63, 3.8) is 0 Å². The summed E-state index contributed by atoms with van der Waals surface area (Å²) in [6, 6.07) is 0. The molecule has 0 radical (unpaired) electrons. The van der Waals surface area contributed by atoms with E-state index in [9.17, 15) is 9.59 Å². The van der Waals surface area contributed by atoms with Gasteiger partial charge in [-0.1, -0.05) is 41.0 Å². The molecule has 1 fully saturated rings. The van der Waals surface area contributed by atoms with E-state index < -0.39 is 0 Å². The first-order valence-corrected chi connectivity index (χ1v) is 8.35. The summed E-state index contributed by atoms with van der Waals surface area (Å²) in [5.41, 5.74) is -0.316. The van der Waals surface area contributed by atoms with E-state index in [-0.39, 0.29) is 17.2 Å². The lowest BCUT2D eigenvalue weighted by Crippen LogP contribution is -2.48. The summed E-state index contributed by atoms with van der Waals surface area (Å²) >= 11 is 0. The Kier molecular flexibility index (Phi) is 6.69. The summed E-state index contributed by atoms with van der Waals surface area (Å²) in [6.07, 6.45) is 3.55. The van der Waals surface area contributed by atoms with Crippen LogP contribution in [-0.4, -0.2) is 36.3 Å². The van der Waals surface area contributed by atoms with Gasteiger partial charge in [-0.3, -0.25) is 9.59 Å². The largest absolute Gasteiger partial charge is 0.356 e. The second kappa shape index (κ2) is 7.81. The van der Waals surface area contributed by atoms with Crippen LogP contribution in [0.1, 0.15) is 60.3 Å². The number of piperidine rings is 1. The third kappa shape index (κ3) is 5.33. The second-order valence-electron chi connectivity index (χ2n) is 7.27. The van der Waals surface area contributed by atoms with E-state index in [0.29, 0.717) is 18.3 Å². The quantitative estimate of drug-likeness (QED) is 0.848. The van der Waals surface area contributed by atoms with Gasteiger partial charge in [0.1, 0.15) is 0 Å². The Morgan fingerprint density at radius 2 is 1.86 bits per heavy atom. The van der Waals surface area contributed by atoms with Crippen LogP contribution in [-0.2, 0) is 9.59 Å². The van der Waals surface area contributed by atoms with Gasteiger partial charge in [-0.2, -0.15) is 0 Å². The van der Waals surface area contributed by atoms with E-state index in [1.807, 2.05) is 25.7 Å². The number of hydrogen-bond donors (Lipinski definition) is 1. The van der Waals surface area contributed by atoms with Crippen LogP contribution < -0.4 is 5.32 Å². The number of nitrogens with zero attached hydrogens (tertiary/aromatic N) is 1. The zero-order valence-corrected chi connectivity index (χ0v) is 14.4. The number of likely N-dealkylation sites (tertiary alicyclic amines) is 1. The van der Waals surface area contributed by atoms with E-state index in [4.69, 9.17) is 0 Å². The Balaban J connectivity index is 2.57. The van der Waals surface area contributed by atoms with Gasteiger partial charge in [0.2, 0.25) is 11.8 Å². The van der Waals surface area contributed by atoms with E-state index in [0.717, 1.165) is 38.9 Å². The zero-order chi connectivity index (χ0) is 16.0. The molecule has 2 amide bonds.